The van der Waals surface area contributed by atoms with E-state index in [2.05, 4.69) is 21.2 Å². The molecule has 0 spiro atoms. The highest BCUT2D eigenvalue weighted by atomic mass is 79.9. The maximum atomic E-state index is 13.1. The number of benzene rings is 1. The van der Waals surface area contributed by atoms with E-state index >= 15 is 0 Å². The highest BCUT2D eigenvalue weighted by molar-refractivity contribution is 9.10. The largest absolute Gasteiger partial charge is 0.460 e. The van der Waals surface area contributed by atoms with Crippen LogP contribution in [0.25, 0.3) is 11.3 Å². The molecule has 0 bridgehead atoms. The number of hydrogen-bond acceptors (Lipinski definition) is 2. The first kappa shape index (κ1) is 16.1. The van der Waals surface area contributed by atoms with Crippen LogP contribution in [-0.4, -0.2) is 6.04 Å². The van der Waals surface area contributed by atoms with Crippen molar-refractivity contribution in [1.29, 1.82) is 0 Å². The van der Waals surface area contributed by atoms with Gasteiger partial charge in [0.05, 0.1) is 12.1 Å². The van der Waals surface area contributed by atoms with Crippen LogP contribution in [0.15, 0.2) is 39.2 Å². The number of alkyl halides is 3. The average Bonchev–Trinajstić information content (AvgIpc) is 2.84. The first-order valence-corrected chi connectivity index (χ1v) is 7.26. The second-order valence-electron chi connectivity index (χ2n) is 4.99. The number of nitrogens with one attached hydrogen (secondary N) is 1. The van der Waals surface area contributed by atoms with E-state index in [-0.39, 0.29) is 17.4 Å². The van der Waals surface area contributed by atoms with Crippen molar-refractivity contribution in [2.24, 2.45) is 0 Å². The van der Waals surface area contributed by atoms with Crippen LogP contribution in [0, 0.1) is 0 Å². The molecule has 114 valence electrons. The highest BCUT2D eigenvalue weighted by Gasteiger charge is 2.34. The highest BCUT2D eigenvalue weighted by Crippen LogP contribution is 2.39. The van der Waals surface area contributed by atoms with E-state index in [1.807, 2.05) is 13.8 Å². The third kappa shape index (κ3) is 4.11. The molecule has 0 unspecified atom stereocenters. The van der Waals surface area contributed by atoms with Crippen LogP contribution in [0.3, 0.4) is 0 Å². The van der Waals surface area contributed by atoms with Gasteiger partial charge in [-0.1, -0.05) is 29.8 Å². The first-order valence-electron chi connectivity index (χ1n) is 6.46. The summed E-state index contributed by atoms with van der Waals surface area (Å²) < 4.78 is 45.2. The molecular formula is C15H15BrF3NO. The van der Waals surface area contributed by atoms with Crippen LogP contribution < -0.4 is 5.32 Å². The van der Waals surface area contributed by atoms with Gasteiger partial charge in [0.15, 0.2) is 0 Å². The Hall–Kier alpha value is -1.27. The second kappa shape index (κ2) is 6.23. The van der Waals surface area contributed by atoms with E-state index in [0.29, 0.717) is 16.8 Å². The molecule has 2 aromatic rings. The Balaban J connectivity index is 2.34. The standard InChI is InChI=1S/C15H15BrF3NO/c1-9(2)20-8-11-4-6-14(21-11)12-5-3-10(16)7-13(12)15(17,18)19/h3-7,9,20H,8H2,1-2H3. The zero-order valence-electron chi connectivity index (χ0n) is 11.6. The van der Waals surface area contributed by atoms with Gasteiger partial charge in [0.25, 0.3) is 0 Å². The molecule has 0 saturated carbocycles. The number of rotatable bonds is 4. The van der Waals surface area contributed by atoms with Crippen LogP contribution in [0.5, 0.6) is 0 Å². The van der Waals surface area contributed by atoms with Crippen LogP contribution >= 0.6 is 15.9 Å². The summed E-state index contributed by atoms with van der Waals surface area (Å²) in [4.78, 5) is 0. The van der Waals surface area contributed by atoms with Crippen LogP contribution in [0.2, 0.25) is 0 Å². The SMILES string of the molecule is CC(C)NCc1ccc(-c2ccc(Br)cc2C(F)(F)F)o1. The molecule has 1 heterocycles. The summed E-state index contributed by atoms with van der Waals surface area (Å²) in [6.45, 7) is 4.45. The van der Waals surface area contributed by atoms with Gasteiger partial charge in [-0.05, 0) is 30.3 Å². The van der Waals surface area contributed by atoms with Crippen LogP contribution in [-0.2, 0) is 12.7 Å². The lowest BCUT2D eigenvalue weighted by Crippen LogP contribution is -2.21. The van der Waals surface area contributed by atoms with Crippen molar-refractivity contribution in [1.82, 2.24) is 5.32 Å². The van der Waals surface area contributed by atoms with Crippen LogP contribution in [0.4, 0.5) is 13.2 Å². The van der Waals surface area contributed by atoms with Gasteiger partial charge >= 0.3 is 6.18 Å². The quantitative estimate of drug-likeness (QED) is 0.806. The summed E-state index contributed by atoms with van der Waals surface area (Å²) in [6.07, 6.45) is -4.43. The van der Waals surface area contributed by atoms with Gasteiger partial charge in [-0.25, -0.2) is 0 Å². The monoisotopic (exact) mass is 361 g/mol. The molecule has 1 aromatic carbocycles. The molecule has 0 amide bonds. The van der Waals surface area contributed by atoms with E-state index in [9.17, 15) is 13.2 Å². The Morgan fingerprint density at radius 1 is 1.19 bits per heavy atom. The van der Waals surface area contributed by atoms with Crippen molar-refractivity contribution in [3.05, 3.63) is 46.1 Å². The van der Waals surface area contributed by atoms with Gasteiger partial charge < -0.3 is 9.73 Å². The zero-order chi connectivity index (χ0) is 15.6. The molecule has 1 aromatic heterocycles. The zero-order valence-corrected chi connectivity index (χ0v) is 13.2. The lowest BCUT2D eigenvalue weighted by atomic mass is 10.1. The molecule has 0 aliphatic heterocycles. The number of halogens is 4. The van der Waals surface area contributed by atoms with Crippen molar-refractivity contribution >= 4 is 15.9 Å². The van der Waals surface area contributed by atoms with Crippen molar-refractivity contribution in [2.75, 3.05) is 0 Å². The number of furan rings is 1. The predicted molar refractivity (Wildman–Crippen MR) is 78.8 cm³/mol. The fourth-order valence-corrected chi connectivity index (χ4v) is 2.25. The summed E-state index contributed by atoms with van der Waals surface area (Å²) in [6, 6.07) is 7.56. The smallest absolute Gasteiger partial charge is 0.417 e. The summed E-state index contributed by atoms with van der Waals surface area (Å²) in [5.41, 5.74) is -0.670. The molecule has 6 heteroatoms. The summed E-state index contributed by atoms with van der Waals surface area (Å²) in [5.74, 6) is 0.824. The number of hydrogen-bond donors (Lipinski definition) is 1. The maximum Gasteiger partial charge on any atom is 0.417 e. The average molecular weight is 362 g/mol. The molecule has 2 nitrogen and oxygen atoms in total. The molecule has 0 aliphatic carbocycles. The molecule has 21 heavy (non-hydrogen) atoms. The van der Waals surface area contributed by atoms with Crippen LogP contribution in [0.1, 0.15) is 25.2 Å². The fraction of sp³-hybridized carbons (Fsp3) is 0.333. The summed E-state index contributed by atoms with van der Waals surface area (Å²) in [5, 5.41) is 3.16. The second-order valence-corrected chi connectivity index (χ2v) is 5.90. The van der Waals surface area contributed by atoms with Crippen molar-refractivity contribution < 1.29 is 17.6 Å². The minimum Gasteiger partial charge on any atom is -0.460 e. The van der Waals surface area contributed by atoms with Gasteiger partial charge in [-0.2, -0.15) is 13.2 Å². The minimum absolute atomic E-state index is 0.0431. The van der Waals surface area contributed by atoms with Gasteiger partial charge in [0, 0.05) is 16.1 Å². The van der Waals surface area contributed by atoms with Crippen molar-refractivity contribution in [3.63, 3.8) is 0 Å². The van der Waals surface area contributed by atoms with E-state index in [4.69, 9.17) is 4.42 Å². The molecule has 0 fully saturated rings. The molecule has 0 radical (unpaired) electrons. The molecule has 2 rings (SSSR count). The third-order valence-corrected chi connectivity index (χ3v) is 3.39. The first-order chi connectivity index (χ1) is 9.77. The Morgan fingerprint density at radius 2 is 1.90 bits per heavy atom. The third-order valence-electron chi connectivity index (χ3n) is 2.90. The van der Waals surface area contributed by atoms with E-state index in [1.165, 1.54) is 6.07 Å². The summed E-state index contributed by atoms with van der Waals surface area (Å²) >= 11 is 3.07. The lowest BCUT2D eigenvalue weighted by Gasteiger charge is -2.12. The Morgan fingerprint density at radius 3 is 2.52 bits per heavy atom. The van der Waals surface area contributed by atoms with Gasteiger partial charge in [0.1, 0.15) is 11.5 Å². The van der Waals surface area contributed by atoms with Crippen molar-refractivity contribution in [2.45, 2.75) is 32.6 Å². The lowest BCUT2D eigenvalue weighted by molar-refractivity contribution is -0.137. The normalized spacial score (nSPS) is 12.1. The topological polar surface area (TPSA) is 25.2 Å². The Labute approximate surface area is 129 Å². The molecular weight excluding hydrogens is 347 g/mol. The van der Waals surface area contributed by atoms with E-state index in [0.717, 1.165) is 6.07 Å². The molecule has 0 atom stereocenters. The van der Waals surface area contributed by atoms with Gasteiger partial charge in [-0.15, -0.1) is 0 Å². The minimum atomic E-state index is -4.43. The fourth-order valence-electron chi connectivity index (χ4n) is 1.89. The summed E-state index contributed by atoms with van der Waals surface area (Å²) in [7, 11) is 0. The van der Waals surface area contributed by atoms with Crippen molar-refractivity contribution in [3.8, 4) is 11.3 Å². The van der Waals surface area contributed by atoms with Gasteiger partial charge in [-0.3, -0.25) is 0 Å². The van der Waals surface area contributed by atoms with E-state index < -0.39 is 11.7 Å². The Kier molecular flexibility index (Phi) is 4.78. The van der Waals surface area contributed by atoms with E-state index in [1.54, 1.807) is 18.2 Å². The maximum absolute atomic E-state index is 13.1. The molecule has 1 N–H and O–H groups in total. The predicted octanol–water partition coefficient (Wildman–Crippen LogP) is 5.23. The van der Waals surface area contributed by atoms with Gasteiger partial charge in [0.2, 0.25) is 0 Å². The molecule has 0 saturated heterocycles. The Bertz CT molecular complexity index is 620. The molecule has 0 aliphatic rings.